The van der Waals surface area contributed by atoms with Crippen molar-refractivity contribution in [1.29, 1.82) is 0 Å². The molecule has 0 spiro atoms. The van der Waals surface area contributed by atoms with E-state index in [9.17, 15) is 14.8 Å². The summed E-state index contributed by atoms with van der Waals surface area (Å²) < 4.78 is 52.1. The molecule has 2 N–H and O–H groups in total. The Bertz CT molecular complexity index is 579. The Morgan fingerprint density at radius 3 is 2.79 bits per heavy atom. The topological polar surface area (TPSA) is 113 Å². The predicted octanol–water partition coefficient (Wildman–Crippen LogP) is 1.36. The molecule has 160 valence electrons. The molecular formula is C17H28O9PU-. The minimum absolute atomic E-state index is 0. The van der Waals surface area contributed by atoms with Crippen LogP contribution < -0.4 is 0 Å². The van der Waals surface area contributed by atoms with E-state index in [2.05, 4.69) is 0 Å². The van der Waals surface area contributed by atoms with Crippen LogP contribution in [0.5, 0.6) is 0 Å². The van der Waals surface area contributed by atoms with Crippen LogP contribution in [0.4, 0.5) is 0 Å². The van der Waals surface area contributed by atoms with E-state index >= 15 is 0 Å². The Hall–Kier alpha value is 0.442. The molecule has 0 aromatic carbocycles. The van der Waals surface area contributed by atoms with Crippen molar-refractivity contribution in [1.82, 2.24) is 0 Å². The molecule has 0 amide bonds. The van der Waals surface area contributed by atoms with E-state index in [-0.39, 0.29) is 57.4 Å². The first-order chi connectivity index (χ1) is 13.4. The molecule has 2 fully saturated rings. The minimum Gasteiger partial charge on any atom is -0.544 e. The average Bonchev–Trinajstić information content (AvgIpc) is 3.21. The maximum absolute atomic E-state index is 12.8. The number of aliphatic hydroxyl groups excluding tert-OH is 2. The zero-order chi connectivity index (χ0) is 20.6. The molecule has 2 aliphatic heterocycles. The molecule has 0 aromatic heterocycles. The maximum atomic E-state index is 12.8. The number of hydrogen-bond donors (Lipinski definition) is 2. The van der Waals surface area contributed by atoms with Crippen LogP contribution in [0.3, 0.4) is 0 Å². The van der Waals surface area contributed by atoms with Gasteiger partial charge in [0.15, 0.2) is 0 Å². The van der Waals surface area contributed by atoms with Crippen molar-refractivity contribution >= 4 is 7.82 Å². The van der Waals surface area contributed by atoms with Crippen LogP contribution in [0.2, 0.25) is 0 Å². The van der Waals surface area contributed by atoms with Gasteiger partial charge in [-0.3, -0.25) is 13.6 Å². The van der Waals surface area contributed by atoms with Gasteiger partial charge in [0.2, 0.25) is 0 Å². The third-order valence-corrected chi connectivity index (χ3v) is 5.41. The molecule has 0 radical (unpaired) electrons. The summed E-state index contributed by atoms with van der Waals surface area (Å²) in [6, 6.07) is 0. The monoisotopic (exact) mass is 647 g/mol. The summed E-state index contributed by atoms with van der Waals surface area (Å²) in [7, 11) is -2.90. The number of phosphoric ester groups is 1. The first-order valence-electron chi connectivity index (χ1n) is 9.23. The van der Waals surface area contributed by atoms with Gasteiger partial charge in [-0.2, -0.15) is 6.61 Å². The van der Waals surface area contributed by atoms with Crippen LogP contribution in [0.1, 0.15) is 14.7 Å². The Morgan fingerprint density at radius 1 is 1.39 bits per heavy atom. The average molecular weight is 647 g/mol. The molecule has 11 heteroatoms. The summed E-state index contributed by atoms with van der Waals surface area (Å²) in [4.78, 5) is 0. The summed E-state index contributed by atoms with van der Waals surface area (Å²) in [5.41, 5.74) is 0. The fraction of sp³-hybridized carbons (Fsp3) is 0.706. The first-order valence-corrected chi connectivity index (χ1v) is 10.1. The summed E-state index contributed by atoms with van der Waals surface area (Å²) in [6.45, 7) is 1.98. The second kappa shape index (κ2) is 13.7. The molecule has 2 saturated heterocycles. The Morgan fingerprint density at radius 2 is 2.18 bits per heavy atom. The zero-order valence-electron chi connectivity index (χ0n) is 16.9. The quantitative estimate of drug-likeness (QED) is 0.195. The van der Waals surface area contributed by atoms with Crippen LogP contribution in [-0.4, -0.2) is 74.2 Å². The summed E-state index contributed by atoms with van der Waals surface area (Å²) in [6.07, 6.45) is 3.30. The maximum Gasteiger partial charge on any atom is 0.474 e. The van der Waals surface area contributed by atoms with Gasteiger partial charge in [-0.1, -0.05) is 24.3 Å². The molecular weight excluding hydrogens is 617 g/mol. The van der Waals surface area contributed by atoms with E-state index in [0.717, 1.165) is 7.11 Å². The molecule has 2 aliphatic rings. The number of hydrogen-bond acceptors (Lipinski definition) is 9. The molecule has 28 heavy (non-hydrogen) atoms. The summed E-state index contributed by atoms with van der Waals surface area (Å²) in [5.74, 6) is 0. The van der Waals surface area contributed by atoms with E-state index < -0.39 is 44.9 Å². The molecule has 7 atom stereocenters. The van der Waals surface area contributed by atoms with E-state index in [1.807, 2.05) is 25.2 Å². The molecule has 0 bridgehead atoms. The fourth-order valence-corrected chi connectivity index (χ4v) is 3.61. The van der Waals surface area contributed by atoms with Gasteiger partial charge in [0.05, 0.1) is 39.5 Å². The van der Waals surface area contributed by atoms with E-state index in [0.29, 0.717) is 0 Å². The van der Waals surface area contributed by atoms with Gasteiger partial charge in [0.1, 0.15) is 6.10 Å². The van der Waals surface area contributed by atoms with Crippen molar-refractivity contribution in [3.8, 4) is 0 Å². The number of ether oxygens (including phenoxy) is 3. The standard InChI is InChI=1S/C17H28O9P.U/c1-3-4-5-6-8-22-16-11-24-14(10-18)17(16)26-27(20,21-2)25-12-15-13(19)7-9-23-15;/h3-6,11,13-19H,7-10,12H2,1-2H3;/q-1;/b4-3+,6-5+;/t13-,14-,15-,16?,17+,27?;/m1./s1/i9T;/t9-,13+,14+,15+,16?,17-,27?;/m0.. The Kier molecular flexibility index (Phi) is 12.1. The van der Waals surface area contributed by atoms with Gasteiger partial charge in [-0.05, 0) is 19.4 Å². The third-order valence-electron chi connectivity index (χ3n) is 3.99. The van der Waals surface area contributed by atoms with Gasteiger partial charge in [-0.15, -0.1) is 0 Å². The van der Waals surface area contributed by atoms with Gasteiger partial charge in [0, 0.05) is 44.8 Å². The number of aliphatic hydroxyl groups is 2. The van der Waals surface area contributed by atoms with Crippen molar-refractivity contribution < 1.29 is 75.0 Å². The molecule has 2 heterocycles. The van der Waals surface area contributed by atoms with Crippen LogP contribution in [0.25, 0.3) is 0 Å². The third kappa shape index (κ3) is 7.94. The van der Waals surface area contributed by atoms with Gasteiger partial charge in [0.25, 0.3) is 0 Å². The first kappa shape index (κ1) is 24.7. The van der Waals surface area contributed by atoms with Gasteiger partial charge in [-0.25, -0.2) is 4.57 Å². The predicted molar refractivity (Wildman–Crippen MR) is 95.8 cm³/mol. The largest absolute Gasteiger partial charge is 0.544 e. The number of allylic oxidation sites excluding steroid dienone is 3. The normalized spacial score (nSPS) is 35.9. The van der Waals surface area contributed by atoms with Crippen molar-refractivity contribution in [2.24, 2.45) is 0 Å². The van der Waals surface area contributed by atoms with E-state index in [1.54, 1.807) is 6.08 Å². The van der Waals surface area contributed by atoms with Crippen molar-refractivity contribution in [3.05, 3.63) is 30.9 Å². The van der Waals surface area contributed by atoms with Gasteiger partial charge >= 0.3 is 7.82 Å². The van der Waals surface area contributed by atoms with Crippen LogP contribution in [-0.2, 0) is 32.3 Å². The van der Waals surface area contributed by atoms with E-state index in [1.165, 1.54) is 6.61 Å². The molecule has 0 aromatic rings. The van der Waals surface area contributed by atoms with Gasteiger partial charge < -0.3 is 24.4 Å². The second-order valence-corrected chi connectivity index (χ2v) is 7.61. The summed E-state index contributed by atoms with van der Waals surface area (Å²) in [5, 5.41) is 19.3. The summed E-state index contributed by atoms with van der Waals surface area (Å²) >= 11 is 0. The Balaban J connectivity index is 0.00000420. The minimum atomic E-state index is -4.06. The molecule has 9 nitrogen and oxygen atoms in total. The molecule has 2 unspecified atom stereocenters. The van der Waals surface area contributed by atoms with Crippen LogP contribution in [0.15, 0.2) is 24.3 Å². The Labute approximate surface area is 190 Å². The number of phosphoric acid groups is 1. The van der Waals surface area contributed by atoms with Crippen LogP contribution >= 0.6 is 7.82 Å². The smallest absolute Gasteiger partial charge is 0.474 e. The van der Waals surface area contributed by atoms with Crippen molar-refractivity contribution in [3.63, 3.8) is 0 Å². The molecule has 0 saturated carbocycles. The second-order valence-electron chi connectivity index (χ2n) is 5.88. The van der Waals surface area contributed by atoms with Crippen molar-refractivity contribution in [2.75, 3.05) is 33.5 Å². The molecule has 0 aliphatic carbocycles. The van der Waals surface area contributed by atoms with E-state index in [4.69, 9.17) is 29.2 Å². The molecule has 2 rings (SSSR count). The number of rotatable bonds is 11. The van der Waals surface area contributed by atoms with Crippen LogP contribution in [0, 0.1) is 37.7 Å². The zero-order valence-corrected chi connectivity index (χ0v) is 20.9. The fourth-order valence-electron chi connectivity index (χ4n) is 2.48. The SMILES string of the molecule is [3H][C@H]1C[C@@H](O)[C@@H](COP(=O)(OC)O[C@@H]2C(OC/C=C/C=C/C)[CH-]O[C@@H]2CO)O1.[U]. The van der Waals surface area contributed by atoms with Crippen molar-refractivity contribution in [2.45, 2.75) is 43.9 Å².